The number of hydrogen-bond acceptors (Lipinski definition) is 2. The van der Waals surface area contributed by atoms with Crippen LogP contribution in [0.4, 0.5) is 0 Å². The van der Waals surface area contributed by atoms with Crippen LogP contribution in [0.1, 0.15) is 0 Å². The van der Waals surface area contributed by atoms with Crippen LogP contribution in [0.25, 0.3) is 0 Å². The maximum absolute atomic E-state index is 11.1. The van der Waals surface area contributed by atoms with Gasteiger partial charge in [-0.3, -0.25) is 4.99 Å². The monoisotopic (exact) mass is 253 g/mol. The molecule has 0 amide bonds. The fourth-order valence-electron chi connectivity index (χ4n) is 1.49. The Kier molecular flexibility index (Phi) is 2.15. The first-order valence-corrected chi connectivity index (χ1v) is 4.97. The second-order valence-electron chi connectivity index (χ2n) is 3.09. The van der Waals surface area contributed by atoms with Crippen molar-refractivity contribution in [1.29, 1.82) is 0 Å². The molecule has 4 heteroatoms. The van der Waals surface area contributed by atoms with Gasteiger partial charge in [-0.1, -0.05) is 46.3 Å². The molecule has 0 saturated carbocycles. The molecule has 1 atom stereocenters. The third-order valence-electron chi connectivity index (χ3n) is 2.18. The van der Waals surface area contributed by atoms with Crippen molar-refractivity contribution in [3.8, 4) is 0 Å². The molecule has 72 valence electrons. The van der Waals surface area contributed by atoms with Crippen molar-refractivity contribution < 1.29 is 9.90 Å². The van der Waals surface area contributed by atoms with Crippen LogP contribution in [0.15, 0.2) is 40.9 Å². The van der Waals surface area contributed by atoms with Gasteiger partial charge in [-0.15, -0.1) is 0 Å². The summed E-state index contributed by atoms with van der Waals surface area (Å²) in [6.07, 6.45) is 8.98. The zero-order valence-electron chi connectivity index (χ0n) is 7.27. The summed E-state index contributed by atoms with van der Waals surface area (Å²) in [4.78, 5) is 15.3. The highest BCUT2D eigenvalue weighted by Gasteiger charge is 2.41. The largest absolute Gasteiger partial charge is 0.480 e. The van der Waals surface area contributed by atoms with Gasteiger partial charge in [0.05, 0.1) is 12.3 Å². The molecule has 0 aromatic rings. The number of alkyl halides is 1. The summed E-state index contributed by atoms with van der Waals surface area (Å²) in [7, 11) is 0. The molecule has 0 aromatic heterocycles. The number of fused-ring (bicyclic) bond motifs is 1. The first-order valence-electron chi connectivity index (χ1n) is 4.18. The average Bonchev–Trinajstić information content (AvgIpc) is 2.18. The van der Waals surface area contributed by atoms with Crippen LogP contribution < -0.4 is 0 Å². The summed E-state index contributed by atoms with van der Waals surface area (Å²) in [5.41, 5.74) is 1.44. The number of carboxylic acids is 1. The Hall–Kier alpha value is -1.16. The van der Waals surface area contributed by atoms with Crippen LogP contribution in [0.2, 0.25) is 0 Å². The van der Waals surface area contributed by atoms with E-state index in [1.807, 2.05) is 18.2 Å². The van der Waals surface area contributed by atoms with E-state index >= 15 is 0 Å². The van der Waals surface area contributed by atoms with Gasteiger partial charge < -0.3 is 5.11 Å². The summed E-state index contributed by atoms with van der Waals surface area (Å²) >= 11 is 3.21. The Morgan fingerprint density at radius 3 is 3.14 bits per heavy atom. The van der Waals surface area contributed by atoms with Crippen molar-refractivity contribution in [3.63, 3.8) is 0 Å². The molecule has 1 unspecified atom stereocenters. The minimum absolute atomic E-state index is 0.543. The third kappa shape index (κ3) is 1.26. The van der Waals surface area contributed by atoms with Gasteiger partial charge in [-0.05, 0) is 5.57 Å². The van der Waals surface area contributed by atoms with Crippen molar-refractivity contribution >= 4 is 27.6 Å². The zero-order valence-corrected chi connectivity index (χ0v) is 8.86. The van der Waals surface area contributed by atoms with Crippen molar-refractivity contribution in [2.45, 2.75) is 4.32 Å². The molecule has 0 fully saturated rings. The van der Waals surface area contributed by atoms with Gasteiger partial charge in [-0.25, -0.2) is 4.79 Å². The highest BCUT2D eigenvalue weighted by Crippen LogP contribution is 2.31. The van der Waals surface area contributed by atoms with E-state index in [2.05, 4.69) is 20.9 Å². The highest BCUT2D eigenvalue weighted by molar-refractivity contribution is 9.10. The molecule has 0 aromatic carbocycles. The molecule has 0 saturated heterocycles. The molecule has 2 rings (SSSR count). The lowest BCUT2D eigenvalue weighted by molar-refractivity contribution is -0.136. The molecule has 1 N–H and O–H groups in total. The predicted molar refractivity (Wildman–Crippen MR) is 58.0 cm³/mol. The van der Waals surface area contributed by atoms with E-state index in [-0.39, 0.29) is 0 Å². The van der Waals surface area contributed by atoms with E-state index in [1.54, 1.807) is 12.2 Å². The van der Waals surface area contributed by atoms with Crippen molar-refractivity contribution in [2.24, 2.45) is 4.99 Å². The van der Waals surface area contributed by atoms with Gasteiger partial charge in [0.2, 0.25) is 0 Å². The van der Waals surface area contributed by atoms with Crippen LogP contribution in [0.3, 0.4) is 0 Å². The molecule has 14 heavy (non-hydrogen) atoms. The van der Waals surface area contributed by atoms with Crippen LogP contribution in [-0.2, 0) is 4.79 Å². The smallest absolute Gasteiger partial charge is 0.330 e. The number of aliphatic imine (C=N–C) groups is 1. The number of dihydropyridines is 1. The normalized spacial score (nSPS) is 29.2. The maximum Gasteiger partial charge on any atom is 0.330 e. The number of halogens is 1. The Morgan fingerprint density at radius 1 is 1.64 bits per heavy atom. The lowest BCUT2D eigenvalue weighted by Crippen LogP contribution is -2.41. The molecule has 1 aliphatic heterocycles. The summed E-state index contributed by atoms with van der Waals surface area (Å²) in [5.74, 6) is -0.937. The zero-order chi connectivity index (χ0) is 10.2. The number of aliphatic carboxylic acids is 1. The van der Waals surface area contributed by atoms with Crippen molar-refractivity contribution in [2.75, 3.05) is 6.54 Å². The topological polar surface area (TPSA) is 49.7 Å². The molecule has 0 spiro atoms. The Morgan fingerprint density at radius 2 is 2.43 bits per heavy atom. The fourth-order valence-corrected chi connectivity index (χ4v) is 2.00. The van der Waals surface area contributed by atoms with Gasteiger partial charge in [0.25, 0.3) is 0 Å². The van der Waals surface area contributed by atoms with Crippen LogP contribution >= 0.6 is 15.9 Å². The molecule has 0 bridgehead atoms. The molecule has 3 nitrogen and oxygen atoms in total. The van der Waals surface area contributed by atoms with Gasteiger partial charge in [-0.2, -0.15) is 0 Å². The minimum atomic E-state index is -1.15. The first kappa shape index (κ1) is 9.40. The van der Waals surface area contributed by atoms with E-state index in [4.69, 9.17) is 5.11 Å². The number of allylic oxidation sites excluding steroid dienone is 4. The van der Waals surface area contributed by atoms with Crippen LogP contribution in [0.5, 0.6) is 0 Å². The van der Waals surface area contributed by atoms with E-state index in [9.17, 15) is 4.79 Å². The highest BCUT2D eigenvalue weighted by atomic mass is 79.9. The van der Waals surface area contributed by atoms with Crippen LogP contribution in [-0.4, -0.2) is 27.7 Å². The second kappa shape index (κ2) is 3.20. The van der Waals surface area contributed by atoms with Crippen LogP contribution in [0, 0.1) is 0 Å². The summed E-state index contributed by atoms with van der Waals surface area (Å²) in [6, 6.07) is 0. The standard InChI is InChI=1S/C10H8BrNO2/c11-10(9(13)14)5-1-3-7-4-2-6-12-8(7)10/h1-5H,6H2,(H,13,14). The van der Waals surface area contributed by atoms with E-state index in [0.717, 1.165) is 5.57 Å². The number of nitrogens with zero attached hydrogens (tertiary/aromatic N) is 1. The molecular weight excluding hydrogens is 246 g/mol. The maximum atomic E-state index is 11.1. The van der Waals surface area contributed by atoms with Gasteiger partial charge in [0.1, 0.15) is 0 Å². The Labute approximate surface area is 89.7 Å². The predicted octanol–water partition coefficient (Wildman–Crippen LogP) is 1.71. The van der Waals surface area contributed by atoms with E-state index in [1.165, 1.54) is 0 Å². The minimum Gasteiger partial charge on any atom is -0.480 e. The number of hydrogen-bond donors (Lipinski definition) is 1. The summed E-state index contributed by atoms with van der Waals surface area (Å²) in [5, 5.41) is 9.11. The quantitative estimate of drug-likeness (QED) is 0.724. The fraction of sp³-hybridized carbons (Fsp3) is 0.200. The second-order valence-corrected chi connectivity index (χ2v) is 4.34. The van der Waals surface area contributed by atoms with Gasteiger partial charge in [0, 0.05) is 0 Å². The summed E-state index contributed by atoms with van der Waals surface area (Å²) in [6.45, 7) is 0.543. The number of rotatable bonds is 1. The summed E-state index contributed by atoms with van der Waals surface area (Å²) < 4.78 is -1.15. The SMILES string of the molecule is O=C(O)C1(Br)C=CC=C2C=CCN=C21. The average molecular weight is 254 g/mol. The Bertz CT molecular complexity index is 406. The number of carbonyl (C=O) groups is 1. The van der Waals surface area contributed by atoms with E-state index in [0.29, 0.717) is 12.3 Å². The Balaban J connectivity index is 2.50. The molecule has 1 aliphatic carbocycles. The molecule has 2 aliphatic rings. The third-order valence-corrected chi connectivity index (χ3v) is 3.16. The lowest BCUT2D eigenvalue weighted by Gasteiger charge is -2.26. The molecule has 1 heterocycles. The molecule has 0 radical (unpaired) electrons. The van der Waals surface area contributed by atoms with Crippen molar-refractivity contribution in [3.05, 3.63) is 36.0 Å². The van der Waals surface area contributed by atoms with Gasteiger partial charge in [0.15, 0.2) is 4.32 Å². The van der Waals surface area contributed by atoms with Crippen molar-refractivity contribution in [1.82, 2.24) is 0 Å². The molecular formula is C10H8BrNO2. The van der Waals surface area contributed by atoms with Gasteiger partial charge >= 0.3 is 5.97 Å². The van der Waals surface area contributed by atoms with E-state index < -0.39 is 10.3 Å². The lowest BCUT2D eigenvalue weighted by atomic mass is 9.90. The number of carboxylic acid groups (broad SMARTS) is 1. The first-order chi connectivity index (χ1) is 6.64.